The molecule has 0 aromatic carbocycles. The molecule has 1 saturated heterocycles. The van der Waals surface area contributed by atoms with Crippen molar-refractivity contribution < 1.29 is 9.90 Å². The van der Waals surface area contributed by atoms with Gasteiger partial charge in [-0.05, 0) is 18.6 Å². The molecule has 1 atom stereocenters. The summed E-state index contributed by atoms with van der Waals surface area (Å²) in [6.45, 7) is 1.26. The monoisotopic (exact) mass is 258 g/mol. The van der Waals surface area contributed by atoms with Crippen molar-refractivity contribution >= 4 is 11.8 Å². The molecule has 6 heteroatoms. The van der Waals surface area contributed by atoms with Gasteiger partial charge in [0.2, 0.25) is 0 Å². The fourth-order valence-corrected chi connectivity index (χ4v) is 2.32. The van der Waals surface area contributed by atoms with Crippen LogP contribution in [0.15, 0.2) is 30.6 Å². The standard InChI is InChI=1S/C13H14N4O2/c18-13(19)10-3-6-17(8-10)12-7-11(15-16-12)9-1-4-14-5-2-9/h1-2,4-5,7,10H,3,6,8H2,(H,15,16)(H,18,19). The lowest BCUT2D eigenvalue weighted by molar-refractivity contribution is -0.140. The minimum Gasteiger partial charge on any atom is -0.481 e. The first-order valence-corrected chi connectivity index (χ1v) is 6.17. The van der Waals surface area contributed by atoms with E-state index >= 15 is 0 Å². The van der Waals surface area contributed by atoms with Crippen LogP contribution >= 0.6 is 0 Å². The summed E-state index contributed by atoms with van der Waals surface area (Å²) in [5.41, 5.74) is 1.93. The summed E-state index contributed by atoms with van der Waals surface area (Å²) in [5.74, 6) is -0.218. The van der Waals surface area contributed by atoms with Crippen LogP contribution in [0.2, 0.25) is 0 Å². The zero-order valence-electron chi connectivity index (χ0n) is 10.3. The molecule has 0 bridgehead atoms. The Morgan fingerprint density at radius 2 is 2.21 bits per heavy atom. The summed E-state index contributed by atoms with van der Waals surface area (Å²) in [6.07, 6.45) is 4.13. The van der Waals surface area contributed by atoms with Crippen LogP contribution in [0.25, 0.3) is 11.3 Å². The van der Waals surface area contributed by atoms with Crippen molar-refractivity contribution in [3.63, 3.8) is 0 Å². The molecule has 1 aliphatic heterocycles. The quantitative estimate of drug-likeness (QED) is 0.869. The van der Waals surface area contributed by atoms with Crippen LogP contribution in [-0.4, -0.2) is 39.3 Å². The fraction of sp³-hybridized carbons (Fsp3) is 0.308. The molecule has 1 unspecified atom stereocenters. The SMILES string of the molecule is O=C(O)C1CCN(c2cc(-c3ccncc3)[nH]n2)C1. The average Bonchev–Trinajstić information content (AvgIpc) is 3.09. The summed E-state index contributed by atoms with van der Waals surface area (Å²) in [7, 11) is 0. The highest BCUT2D eigenvalue weighted by Gasteiger charge is 2.29. The third-order valence-corrected chi connectivity index (χ3v) is 3.42. The van der Waals surface area contributed by atoms with Gasteiger partial charge in [0.25, 0.3) is 0 Å². The average molecular weight is 258 g/mol. The molecule has 3 rings (SSSR count). The zero-order chi connectivity index (χ0) is 13.2. The van der Waals surface area contributed by atoms with Gasteiger partial charge in [-0.1, -0.05) is 0 Å². The van der Waals surface area contributed by atoms with Crippen molar-refractivity contribution in [2.24, 2.45) is 5.92 Å². The second-order valence-corrected chi connectivity index (χ2v) is 4.65. The largest absolute Gasteiger partial charge is 0.481 e. The Morgan fingerprint density at radius 3 is 2.89 bits per heavy atom. The summed E-state index contributed by atoms with van der Waals surface area (Å²) in [6, 6.07) is 5.75. The minimum absolute atomic E-state index is 0.291. The van der Waals surface area contributed by atoms with E-state index in [-0.39, 0.29) is 5.92 Å². The summed E-state index contributed by atoms with van der Waals surface area (Å²) in [5, 5.41) is 16.2. The molecular formula is C13H14N4O2. The molecule has 2 aromatic heterocycles. The number of aromatic nitrogens is 3. The third kappa shape index (κ3) is 2.29. The number of hydrogen-bond acceptors (Lipinski definition) is 4. The number of aromatic amines is 1. The van der Waals surface area contributed by atoms with Crippen LogP contribution < -0.4 is 4.90 Å². The molecule has 0 saturated carbocycles. The minimum atomic E-state index is -0.729. The molecule has 1 aliphatic rings. The van der Waals surface area contributed by atoms with Crippen LogP contribution in [0.1, 0.15) is 6.42 Å². The van der Waals surface area contributed by atoms with E-state index in [2.05, 4.69) is 15.2 Å². The summed E-state index contributed by atoms with van der Waals surface area (Å²) < 4.78 is 0. The Hall–Kier alpha value is -2.37. The number of hydrogen-bond donors (Lipinski definition) is 2. The Bertz CT molecular complexity index is 581. The Balaban J connectivity index is 1.78. The van der Waals surface area contributed by atoms with Gasteiger partial charge in [-0.2, -0.15) is 5.10 Å². The van der Waals surface area contributed by atoms with Crippen LogP contribution in [0.4, 0.5) is 5.82 Å². The molecule has 3 heterocycles. The highest BCUT2D eigenvalue weighted by molar-refractivity contribution is 5.72. The molecule has 0 amide bonds. The van der Waals surface area contributed by atoms with Gasteiger partial charge in [0.15, 0.2) is 5.82 Å². The Labute approximate surface area is 110 Å². The van der Waals surface area contributed by atoms with Gasteiger partial charge in [-0.15, -0.1) is 0 Å². The van der Waals surface area contributed by atoms with Gasteiger partial charge in [-0.3, -0.25) is 14.9 Å². The van der Waals surface area contributed by atoms with Crippen LogP contribution in [-0.2, 0) is 4.79 Å². The number of carboxylic acid groups (broad SMARTS) is 1. The highest BCUT2D eigenvalue weighted by atomic mass is 16.4. The number of nitrogens with one attached hydrogen (secondary N) is 1. The van der Waals surface area contributed by atoms with Gasteiger partial charge in [0.1, 0.15) is 0 Å². The molecule has 6 nitrogen and oxygen atoms in total. The van der Waals surface area contributed by atoms with Gasteiger partial charge in [-0.25, -0.2) is 0 Å². The zero-order valence-corrected chi connectivity index (χ0v) is 10.3. The second-order valence-electron chi connectivity index (χ2n) is 4.65. The number of nitrogens with zero attached hydrogens (tertiary/aromatic N) is 3. The Morgan fingerprint density at radius 1 is 1.42 bits per heavy atom. The van der Waals surface area contributed by atoms with Gasteiger partial charge in [0, 0.05) is 37.1 Å². The van der Waals surface area contributed by atoms with E-state index in [1.807, 2.05) is 23.1 Å². The van der Waals surface area contributed by atoms with Gasteiger partial charge < -0.3 is 10.0 Å². The van der Waals surface area contributed by atoms with Crippen molar-refractivity contribution in [1.29, 1.82) is 0 Å². The van der Waals surface area contributed by atoms with Crippen molar-refractivity contribution in [3.05, 3.63) is 30.6 Å². The lowest BCUT2D eigenvalue weighted by atomic mass is 10.1. The predicted molar refractivity (Wildman–Crippen MR) is 69.8 cm³/mol. The van der Waals surface area contributed by atoms with Crippen LogP contribution in [0.3, 0.4) is 0 Å². The molecular weight excluding hydrogens is 244 g/mol. The maximum atomic E-state index is 10.9. The molecule has 0 spiro atoms. The maximum Gasteiger partial charge on any atom is 0.308 e. The van der Waals surface area contributed by atoms with Gasteiger partial charge in [0.05, 0.1) is 11.6 Å². The fourth-order valence-electron chi connectivity index (χ4n) is 2.32. The number of H-pyrrole nitrogens is 1. The first-order valence-electron chi connectivity index (χ1n) is 6.17. The number of rotatable bonds is 3. The second kappa shape index (κ2) is 4.72. The molecule has 2 aromatic rings. The maximum absolute atomic E-state index is 10.9. The van der Waals surface area contributed by atoms with E-state index in [4.69, 9.17) is 5.11 Å². The lowest BCUT2D eigenvalue weighted by Gasteiger charge is -2.13. The first-order chi connectivity index (χ1) is 9.24. The summed E-state index contributed by atoms with van der Waals surface area (Å²) in [4.78, 5) is 16.9. The van der Waals surface area contributed by atoms with E-state index in [0.29, 0.717) is 13.0 Å². The molecule has 0 aliphatic carbocycles. The number of anilines is 1. The summed E-state index contributed by atoms with van der Waals surface area (Å²) >= 11 is 0. The first kappa shape index (κ1) is 11.7. The van der Waals surface area contributed by atoms with E-state index in [1.54, 1.807) is 12.4 Å². The highest BCUT2D eigenvalue weighted by Crippen LogP contribution is 2.26. The third-order valence-electron chi connectivity index (χ3n) is 3.42. The molecule has 0 radical (unpaired) electrons. The van der Waals surface area contributed by atoms with Crippen LogP contribution in [0, 0.1) is 5.92 Å². The lowest BCUT2D eigenvalue weighted by Crippen LogP contribution is -2.22. The van der Waals surface area contributed by atoms with Crippen LogP contribution in [0.5, 0.6) is 0 Å². The van der Waals surface area contributed by atoms with Crippen molar-refractivity contribution in [2.45, 2.75) is 6.42 Å². The molecule has 19 heavy (non-hydrogen) atoms. The predicted octanol–water partition coefficient (Wildman–Crippen LogP) is 1.38. The topological polar surface area (TPSA) is 82.1 Å². The molecule has 2 N–H and O–H groups in total. The van der Waals surface area contributed by atoms with Crippen molar-refractivity contribution in [2.75, 3.05) is 18.0 Å². The molecule has 98 valence electrons. The van der Waals surface area contributed by atoms with Crippen molar-refractivity contribution in [1.82, 2.24) is 15.2 Å². The Kier molecular flexibility index (Phi) is 2.91. The van der Waals surface area contributed by atoms with Gasteiger partial charge >= 0.3 is 5.97 Å². The van der Waals surface area contributed by atoms with E-state index in [1.165, 1.54) is 0 Å². The number of aliphatic carboxylic acids is 1. The van der Waals surface area contributed by atoms with E-state index in [9.17, 15) is 4.79 Å². The van der Waals surface area contributed by atoms with E-state index < -0.39 is 5.97 Å². The smallest absolute Gasteiger partial charge is 0.308 e. The van der Waals surface area contributed by atoms with E-state index in [0.717, 1.165) is 23.6 Å². The number of carbonyl (C=O) groups is 1. The molecule has 1 fully saturated rings. The number of carboxylic acids is 1. The normalized spacial score (nSPS) is 18.7. The number of pyridine rings is 1. The van der Waals surface area contributed by atoms with Crippen molar-refractivity contribution in [3.8, 4) is 11.3 Å².